The lowest BCUT2D eigenvalue weighted by atomic mass is 10.4. The van der Waals surface area contributed by atoms with Gasteiger partial charge in [0.15, 0.2) is 6.23 Å². The van der Waals surface area contributed by atoms with E-state index in [1.165, 1.54) is 0 Å². The maximum atomic E-state index is 8.94. The smallest absolute Gasteiger partial charge is 0.317 e. The number of nitrogens with two attached hydrogens (primary N) is 1. The third-order valence-corrected chi connectivity index (χ3v) is 1.81. The highest BCUT2D eigenvalue weighted by atomic mass is 16.7. The van der Waals surface area contributed by atoms with E-state index >= 15 is 0 Å². The van der Waals surface area contributed by atoms with Gasteiger partial charge in [-0.2, -0.15) is 0 Å². The van der Waals surface area contributed by atoms with Crippen LogP contribution in [0.25, 0.3) is 0 Å². The molecular formula is C8H22N4O4. The molecule has 0 saturated carbocycles. The zero-order valence-corrected chi connectivity index (χ0v) is 9.19. The average molecular weight is 238 g/mol. The van der Waals surface area contributed by atoms with Crippen LogP contribution in [0, 0.1) is 0 Å². The Labute approximate surface area is 94.5 Å². The lowest BCUT2D eigenvalue weighted by molar-refractivity contribution is -0.359. The molecule has 16 heavy (non-hydrogen) atoms. The van der Waals surface area contributed by atoms with E-state index in [1.807, 2.05) is 0 Å². The van der Waals surface area contributed by atoms with E-state index in [2.05, 4.69) is 16.0 Å². The van der Waals surface area contributed by atoms with Crippen molar-refractivity contribution in [1.29, 1.82) is 0 Å². The van der Waals surface area contributed by atoms with Crippen LogP contribution in [0.5, 0.6) is 0 Å². The van der Waals surface area contributed by atoms with Gasteiger partial charge in [-0.25, -0.2) is 0 Å². The summed E-state index contributed by atoms with van der Waals surface area (Å²) in [5, 5.41) is 43.0. The van der Waals surface area contributed by atoms with Crippen molar-refractivity contribution in [2.45, 2.75) is 12.2 Å². The van der Waals surface area contributed by atoms with Gasteiger partial charge in [-0.05, 0) is 0 Å². The van der Waals surface area contributed by atoms with E-state index in [-0.39, 0.29) is 0 Å². The summed E-state index contributed by atoms with van der Waals surface area (Å²) >= 11 is 0. The lowest BCUT2D eigenvalue weighted by Gasteiger charge is -2.21. The first-order valence-electron chi connectivity index (χ1n) is 5.18. The first-order valence-corrected chi connectivity index (χ1v) is 5.18. The van der Waals surface area contributed by atoms with E-state index in [0.29, 0.717) is 19.6 Å². The van der Waals surface area contributed by atoms with Gasteiger partial charge in [0.2, 0.25) is 0 Å². The molecule has 98 valence electrons. The van der Waals surface area contributed by atoms with Gasteiger partial charge in [-0.3, -0.25) is 5.32 Å². The predicted octanol–water partition coefficient (Wildman–Crippen LogP) is -4.34. The van der Waals surface area contributed by atoms with Gasteiger partial charge in [0.1, 0.15) is 0 Å². The van der Waals surface area contributed by atoms with Gasteiger partial charge in [0.25, 0.3) is 0 Å². The van der Waals surface area contributed by atoms with Crippen molar-refractivity contribution in [3.05, 3.63) is 0 Å². The van der Waals surface area contributed by atoms with Gasteiger partial charge in [0.05, 0.1) is 0 Å². The minimum atomic E-state index is -3.11. The van der Waals surface area contributed by atoms with Crippen LogP contribution in [-0.2, 0) is 0 Å². The SMILES string of the molecule is NCCNCCNCCNC(O)C(O)(O)O. The molecule has 1 unspecified atom stereocenters. The molecule has 0 heterocycles. The Kier molecular flexibility index (Phi) is 8.61. The molecule has 0 rings (SSSR count). The molecule has 8 nitrogen and oxygen atoms in total. The molecule has 8 heteroatoms. The van der Waals surface area contributed by atoms with E-state index in [0.717, 1.165) is 19.6 Å². The highest BCUT2D eigenvalue weighted by Gasteiger charge is 2.29. The van der Waals surface area contributed by atoms with E-state index in [9.17, 15) is 0 Å². The maximum absolute atomic E-state index is 8.94. The Morgan fingerprint density at radius 3 is 1.94 bits per heavy atom. The Hall–Kier alpha value is -0.320. The summed E-state index contributed by atoms with van der Waals surface area (Å²) in [6.45, 7) is 3.70. The zero-order valence-electron chi connectivity index (χ0n) is 9.19. The Morgan fingerprint density at radius 1 is 0.938 bits per heavy atom. The molecule has 9 N–H and O–H groups in total. The minimum absolute atomic E-state index is 0.293. The monoisotopic (exact) mass is 238 g/mol. The fourth-order valence-corrected chi connectivity index (χ4v) is 0.963. The van der Waals surface area contributed by atoms with E-state index in [1.54, 1.807) is 0 Å². The van der Waals surface area contributed by atoms with Crippen LogP contribution in [0.2, 0.25) is 0 Å². The standard InChI is InChI=1S/C8H22N4O4/c9-1-2-10-3-4-11-5-6-12-7(13)8(14,15)16/h7,10-16H,1-6,9H2. The second-order valence-corrected chi connectivity index (χ2v) is 3.33. The Morgan fingerprint density at radius 2 is 1.44 bits per heavy atom. The van der Waals surface area contributed by atoms with Gasteiger partial charge in [-0.15, -0.1) is 0 Å². The lowest BCUT2D eigenvalue weighted by Crippen LogP contribution is -2.52. The average Bonchev–Trinajstić information content (AvgIpc) is 2.20. The molecule has 0 amide bonds. The predicted molar refractivity (Wildman–Crippen MR) is 58.2 cm³/mol. The second kappa shape index (κ2) is 8.79. The summed E-state index contributed by atoms with van der Waals surface area (Å²) < 4.78 is 0. The number of nitrogens with one attached hydrogen (secondary N) is 3. The topological polar surface area (TPSA) is 143 Å². The number of aliphatic hydroxyl groups is 4. The van der Waals surface area contributed by atoms with Crippen molar-refractivity contribution >= 4 is 0 Å². The molecule has 0 aliphatic rings. The molecule has 0 saturated heterocycles. The molecule has 0 bridgehead atoms. The van der Waals surface area contributed by atoms with Crippen molar-refractivity contribution in [1.82, 2.24) is 16.0 Å². The minimum Gasteiger partial charge on any atom is -0.371 e. The summed E-state index contributed by atoms with van der Waals surface area (Å²) in [7, 11) is 0. The normalized spacial score (nSPS) is 14.1. The zero-order chi connectivity index (χ0) is 12.4. The van der Waals surface area contributed by atoms with Crippen LogP contribution >= 0.6 is 0 Å². The molecule has 0 radical (unpaired) electrons. The highest BCUT2D eigenvalue weighted by molar-refractivity contribution is 4.62. The number of rotatable bonds is 10. The maximum Gasteiger partial charge on any atom is 0.317 e. The van der Waals surface area contributed by atoms with Crippen LogP contribution in [0.4, 0.5) is 0 Å². The van der Waals surface area contributed by atoms with Crippen molar-refractivity contribution in [2.24, 2.45) is 5.73 Å². The summed E-state index contributed by atoms with van der Waals surface area (Å²) in [6, 6.07) is 0. The fraction of sp³-hybridized carbons (Fsp3) is 1.00. The third kappa shape index (κ3) is 8.95. The molecule has 0 aromatic heterocycles. The summed E-state index contributed by atoms with van der Waals surface area (Å²) in [6.07, 6.45) is -1.79. The van der Waals surface area contributed by atoms with Gasteiger partial charge in [-0.1, -0.05) is 0 Å². The van der Waals surface area contributed by atoms with Gasteiger partial charge < -0.3 is 36.8 Å². The molecule has 1 atom stereocenters. The molecule has 0 aliphatic heterocycles. The van der Waals surface area contributed by atoms with Crippen LogP contribution in [-0.4, -0.2) is 71.9 Å². The number of aliphatic hydroxyl groups excluding tert-OH is 1. The first-order chi connectivity index (χ1) is 7.48. The van der Waals surface area contributed by atoms with Crippen molar-refractivity contribution < 1.29 is 20.4 Å². The molecule has 0 aliphatic carbocycles. The quantitative estimate of drug-likeness (QED) is 0.141. The van der Waals surface area contributed by atoms with Crippen LogP contribution in [0.1, 0.15) is 0 Å². The molecular weight excluding hydrogens is 216 g/mol. The Balaban J connectivity index is 3.21. The molecule has 0 aromatic carbocycles. The van der Waals surface area contributed by atoms with Crippen molar-refractivity contribution in [3.8, 4) is 0 Å². The largest absolute Gasteiger partial charge is 0.371 e. The van der Waals surface area contributed by atoms with Crippen LogP contribution in [0.15, 0.2) is 0 Å². The van der Waals surface area contributed by atoms with E-state index in [4.69, 9.17) is 26.2 Å². The summed E-state index contributed by atoms with van der Waals surface area (Å²) in [4.78, 5) is 0. The second-order valence-electron chi connectivity index (χ2n) is 3.33. The summed E-state index contributed by atoms with van der Waals surface area (Å²) in [5.41, 5.74) is 5.27. The third-order valence-electron chi connectivity index (χ3n) is 1.81. The van der Waals surface area contributed by atoms with E-state index < -0.39 is 12.2 Å². The van der Waals surface area contributed by atoms with Crippen LogP contribution in [0.3, 0.4) is 0 Å². The molecule has 0 fully saturated rings. The van der Waals surface area contributed by atoms with Gasteiger partial charge >= 0.3 is 5.97 Å². The van der Waals surface area contributed by atoms with Crippen molar-refractivity contribution in [3.63, 3.8) is 0 Å². The Bertz CT molecular complexity index is 165. The molecule has 0 aromatic rings. The first kappa shape index (κ1) is 15.7. The highest BCUT2D eigenvalue weighted by Crippen LogP contribution is 1.96. The fourth-order valence-electron chi connectivity index (χ4n) is 0.963. The van der Waals surface area contributed by atoms with Crippen molar-refractivity contribution in [2.75, 3.05) is 39.3 Å². The van der Waals surface area contributed by atoms with Crippen LogP contribution < -0.4 is 21.7 Å². The van der Waals surface area contributed by atoms with Gasteiger partial charge in [0, 0.05) is 39.3 Å². The molecule has 0 spiro atoms. The number of hydrogen-bond acceptors (Lipinski definition) is 8. The number of hydrogen-bond donors (Lipinski definition) is 8. The summed E-state index contributed by atoms with van der Waals surface area (Å²) in [5.74, 6) is -3.11.